The van der Waals surface area contributed by atoms with Gasteiger partial charge in [0.25, 0.3) is 0 Å². The third kappa shape index (κ3) is 3.16. The number of sulfonamides is 1. The molecule has 1 aromatic carbocycles. The molecule has 5 nitrogen and oxygen atoms in total. The van der Waals surface area contributed by atoms with Crippen LogP contribution in [0.4, 0.5) is 0 Å². The lowest BCUT2D eigenvalue weighted by molar-refractivity contribution is 0.398. The fourth-order valence-corrected chi connectivity index (χ4v) is 5.01. The molecule has 0 heterocycles. The van der Waals surface area contributed by atoms with Crippen LogP contribution in [-0.4, -0.2) is 27.6 Å². The fraction of sp³-hybridized carbons (Fsp3) is 0.538. The van der Waals surface area contributed by atoms with Crippen molar-refractivity contribution in [1.29, 1.82) is 0 Å². The summed E-state index contributed by atoms with van der Waals surface area (Å²) >= 11 is 3.28. The van der Waals surface area contributed by atoms with Gasteiger partial charge >= 0.3 is 0 Å². The molecule has 0 bridgehead atoms. The monoisotopic (exact) mass is 362 g/mol. The zero-order valence-electron chi connectivity index (χ0n) is 11.4. The van der Waals surface area contributed by atoms with Crippen molar-refractivity contribution in [3.05, 3.63) is 22.7 Å². The molecule has 0 unspecified atom stereocenters. The fourth-order valence-electron chi connectivity index (χ4n) is 2.56. The average molecular weight is 363 g/mol. The van der Waals surface area contributed by atoms with E-state index in [0.717, 1.165) is 25.7 Å². The average Bonchev–Trinajstić information content (AvgIpc) is 2.87. The number of nitrogens with one attached hydrogen (secondary N) is 1. The van der Waals surface area contributed by atoms with Crippen molar-refractivity contribution in [3.8, 4) is 5.75 Å². The maximum Gasteiger partial charge on any atom is 0.242 e. The highest BCUT2D eigenvalue weighted by atomic mass is 79.9. The van der Waals surface area contributed by atoms with Crippen molar-refractivity contribution < 1.29 is 13.2 Å². The van der Waals surface area contributed by atoms with Gasteiger partial charge in [-0.25, -0.2) is 13.1 Å². The molecule has 1 aromatic rings. The van der Waals surface area contributed by atoms with Crippen LogP contribution in [-0.2, 0) is 10.0 Å². The second-order valence-corrected chi connectivity index (χ2v) is 7.60. The van der Waals surface area contributed by atoms with Crippen molar-refractivity contribution >= 4 is 26.0 Å². The molecule has 0 aliphatic heterocycles. The Kier molecular flexibility index (Phi) is 4.73. The van der Waals surface area contributed by atoms with Crippen LogP contribution in [0.25, 0.3) is 0 Å². The van der Waals surface area contributed by atoms with Gasteiger partial charge in [-0.15, -0.1) is 0 Å². The van der Waals surface area contributed by atoms with Gasteiger partial charge in [-0.2, -0.15) is 0 Å². The second-order valence-electron chi connectivity index (χ2n) is 5.09. The van der Waals surface area contributed by atoms with E-state index >= 15 is 0 Å². The number of halogens is 1. The number of methoxy groups -OCH3 is 1. The Bertz CT molecular complexity index is 583. The summed E-state index contributed by atoms with van der Waals surface area (Å²) in [6, 6.07) is 4.88. The van der Waals surface area contributed by atoms with Gasteiger partial charge in [0.1, 0.15) is 5.75 Å². The minimum atomic E-state index is -3.63. The Morgan fingerprint density at radius 1 is 1.40 bits per heavy atom. The van der Waals surface area contributed by atoms with E-state index < -0.39 is 15.6 Å². The summed E-state index contributed by atoms with van der Waals surface area (Å²) < 4.78 is 33.6. The van der Waals surface area contributed by atoms with E-state index in [-0.39, 0.29) is 4.90 Å². The predicted octanol–water partition coefficient (Wildman–Crippen LogP) is 2.01. The summed E-state index contributed by atoms with van der Waals surface area (Å²) in [7, 11) is -2.13. The van der Waals surface area contributed by atoms with Crippen LogP contribution >= 0.6 is 15.9 Å². The van der Waals surface area contributed by atoms with Gasteiger partial charge in [0.15, 0.2) is 0 Å². The van der Waals surface area contributed by atoms with E-state index in [0.29, 0.717) is 16.8 Å². The summed E-state index contributed by atoms with van der Waals surface area (Å²) in [4.78, 5) is 0.177. The molecular weight excluding hydrogens is 344 g/mol. The second kappa shape index (κ2) is 6.01. The summed E-state index contributed by atoms with van der Waals surface area (Å²) in [5.41, 5.74) is 5.27. The summed E-state index contributed by atoms with van der Waals surface area (Å²) in [5, 5.41) is 0. The van der Waals surface area contributed by atoms with E-state index in [2.05, 4.69) is 20.7 Å². The smallest absolute Gasteiger partial charge is 0.242 e. The highest BCUT2D eigenvalue weighted by Gasteiger charge is 2.37. The summed E-state index contributed by atoms with van der Waals surface area (Å²) in [6.45, 7) is 0.313. The Morgan fingerprint density at radius 2 is 2.05 bits per heavy atom. The first kappa shape index (κ1) is 15.8. The zero-order valence-corrected chi connectivity index (χ0v) is 13.8. The lowest BCUT2D eigenvalue weighted by atomic mass is 10.0. The normalized spacial score (nSPS) is 18.1. The molecule has 0 amide bonds. The molecule has 112 valence electrons. The summed E-state index contributed by atoms with van der Waals surface area (Å²) in [6.07, 6.45) is 3.56. The van der Waals surface area contributed by atoms with E-state index in [1.54, 1.807) is 12.1 Å². The van der Waals surface area contributed by atoms with Gasteiger partial charge < -0.3 is 10.5 Å². The molecule has 1 fully saturated rings. The van der Waals surface area contributed by atoms with Gasteiger partial charge in [0.2, 0.25) is 10.0 Å². The van der Waals surface area contributed by atoms with Crippen LogP contribution in [0.1, 0.15) is 25.7 Å². The zero-order chi connectivity index (χ0) is 14.8. The molecule has 7 heteroatoms. The first-order chi connectivity index (χ1) is 9.42. The highest BCUT2D eigenvalue weighted by Crippen LogP contribution is 2.32. The molecule has 20 heavy (non-hydrogen) atoms. The maximum atomic E-state index is 12.6. The Hall–Kier alpha value is -0.630. The minimum absolute atomic E-state index is 0.177. The first-order valence-electron chi connectivity index (χ1n) is 6.50. The molecule has 3 N–H and O–H groups in total. The van der Waals surface area contributed by atoms with Gasteiger partial charge in [0.05, 0.1) is 12.0 Å². The van der Waals surface area contributed by atoms with Gasteiger partial charge in [-0.3, -0.25) is 0 Å². The van der Waals surface area contributed by atoms with Gasteiger partial charge in [-0.1, -0.05) is 12.8 Å². The topological polar surface area (TPSA) is 81.4 Å². The van der Waals surface area contributed by atoms with E-state index in [4.69, 9.17) is 10.5 Å². The third-order valence-electron chi connectivity index (χ3n) is 3.73. The third-order valence-corrected chi connectivity index (χ3v) is 6.30. The molecule has 1 aliphatic rings. The molecule has 2 rings (SSSR count). The van der Waals surface area contributed by atoms with Crippen molar-refractivity contribution in [3.63, 3.8) is 0 Å². The number of hydrogen-bond donors (Lipinski definition) is 2. The molecule has 0 aromatic heterocycles. The standard InChI is InChI=1S/C13H19BrN2O3S/c1-19-10-4-5-11(14)12(8-10)20(17,18)16-13(9-15)6-2-3-7-13/h4-5,8,16H,2-3,6-7,9,15H2,1H3. The first-order valence-corrected chi connectivity index (χ1v) is 8.78. The Balaban J connectivity index is 2.35. The molecule has 1 saturated carbocycles. The highest BCUT2D eigenvalue weighted by molar-refractivity contribution is 9.10. The summed E-state index contributed by atoms with van der Waals surface area (Å²) in [5.74, 6) is 0.502. The van der Waals surface area contributed by atoms with Crippen LogP contribution in [0.5, 0.6) is 5.75 Å². The molecule has 0 atom stereocenters. The van der Waals surface area contributed by atoms with Crippen LogP contribution in [0.3, 0.4) is 0 Å². The molecule has 1 aliphatic carbocycles. The number of hydrogen-bond acceptors (Lipinski definition) is 4. The lowest BCUT2D eigenvalue weighted by Crippen LogP contribution is -2.51. The largest absolute Gasteiger partial charge is 0.497 e. The maximum absolute atomic E-state index is 12.6. The molecule has 0 radical (unpaired) electrons. The van der Waals surface area contributed by atoms with Gasteiger partial charge in [-0.05, 0) is 40.9 Å². The van der Waals surface area contributed by atoms with Crippen molar-refractivity contribution in [2.75, 3.05) is 13.7 Å². The van der Waals surface area contributed by atoms with Crippen LogP contribution in [0, 0.1) is 0 Å². The molecular formula is C13H19BrN2O3S. The van der Waals surface area contributed by atoms with Crippen molar-refractivity contribution in [2.24, 2.45) is 5.73 Å². The number of nitrogens with two attached hydrogens (primary N) is 1. The van der Waals surface area contributed by atoms with E-state index in [9.17, 15) is 8.42 Å². The predicted molar refractivity (Wildman–Crippen MR) is 81.3 cm³/mol. The van der Waals surface area contributed by atoms with Gasteiger partial charge in [0, 0.05) is 22.6 Å². The van der Waals surface area contributed by atoms with Crippen LogP contribution < -0.4 is 15.2 Å². The van der Waals surface area contributed by atoms with E-state index in [1.807, 2.05) is 0 Å². The Morgan fingerprint density at radius 3 is 2.60 bits per heavy atom. The molecule has 0 spiro atoms. The van der Waals surface area contributed by atoms with E-state index in [1.165, 1.54) is 13.2 Å². The molecule has 0 saturated heterocycles. The number of ether oxygens (including phenoxy) is 1. The Labute approximate surface area is 128 Å². The minimum Gasteiger partial charge on any atom is -0.497 e. The number of benzene rings is 1. The van der Waals surface area contributed by atoms with Crippen molar-refractivity contribution in [1.82, 2.24) is 4.72 Å². The quantitative estimate of drug-likeness (QED) is 0.839. The lowest BCUT2D eigenvalue weighted by Gasteiger charge is -2.28. The van der Waals surface area contributed by atoms with Crippen LogP contribution in [0.2, 0.25) is 0 Å². The van der Waals surface area contributed by atoms with Crippen molar-refractivity contribution in [2.45, 2.75) is 36.1 Å². The van der Waals surface area contributed by atoms with Crippen LogP contribution in [0.15, 0.2) is 27.6 Å². The number of rotatable bonds is 5. The SMILES string of the molecule is COc1ccc(Br)c(S(=O)(=O)NC2(CN)CCCC2)c1.